The predicted octanol–water partition coefficient (Wildman–Crippen LogP) is 3.86. The van der Waals surface area contributed by atoms with Gasteiger partial charge in [-0.1, -0.05) is 55.8 Å². The number of hydrogen-bond donors (Lipinski definition) is 2. The van der Waals surface area contributed by atoms with E-state index in [0.29, 0.717) is 0 Å². The van der Waals surface area contributed by atoms with Crippen LogP contribution in [0.1, 0.15) is 38.8 Å². The first-order valence-electron chi connectivity index (χ1n) is 9.01. The molecule has 8 nitrogen and oxygen atoms in total. The second-order valence-corrected chi connectivity index (χ2v) is 7.83. The third kappa shape index (κ3) is 9.29. The molecule has 1 aromatic carbocycles. The molecule has 0 atom stereocenters. The maximum absolute atomic E-state index is 12.3. The van der Waals surface area contributed by atoms with Gasteiger partial charge in [0.2, 0.25) is 0 Å². The molecule has 0 bridgehead atoms. The van der Waals surface area contributed by atoms with Crippen molar-refractivity contribution < 1.29 is 24.2 Å². The normalized spacial score (nSPS) is 11.3. The Bertz CT molecular complexity index is 680. The van der Waals surface area contributed by atoms with Crippen LogP contribution >= 0.6 is 15.9 Å². The molecule has 156 valence electrons. The first-order valence-corrected chi connectivity index (χ1v) is 9.80. The van der Waals surface area contributed by atoms with Crippen molar-refractivity contribution in [3.8, 4) is 0 Å². The Hall–Kier alpha value is -1.97. The lowest BCUT2D eigenvalue weighted by atomic mass is 10.1. The van der Waals surface area contributed by atoms with Gasteiger partial charge in [0.05, 0.1) is 19.8 Å². The lowest BCUT2D eigenvalue weighted by molar-refractivity contribution is 0.0995. The largest absolute Gasteiger partial charge is 0.448 e. The van der Waals surface area contributed by atoms with Gasteiger partial charge in [-0.3, -0.25) is 0 Å². The fourth-order valence-corrected chi connectivity index (χ4v) is 2.40. The number of carbonyl (C=O) groups excluding carboxylic acids is 2. The molecular formula is C19H28BrN3O5. The molecule has 0 aliphatic rings. The fraction of sp³-hybridized carbons (Fsp3) is 0.526. The minimum Gasteiger partial charge on any atom is -0.448 e. The van der Waals surface area contributed by atoms with E-state index in [2.05, 4.69) is 26.3 Å². The van der Waals surface area contributed by atoms with E-state index in [9.17, 15) is 14.7 Å². The van der Waals surface area contributed by atoms with Gasteiger partial charge in [0.15, 0.2) is 0 Å². The van der Waals surface area contributed by atoms with E-state index in [1.165, 1.54) is 0 Å². The molecule has 2 N–H and O–H groups in total. The van der Waals surface area contributed by atoms with Crippen LogP contribution in [0.25, 0.3) is 0 Å². The first kappa shape index (κ1) is 24.1. The monoisotopic (exact) mass is 457 g/mol. The van der Waals surface area contributed by atoms with Gasteiger partial charge in [0.25, 0.3) is 0 Å². The summed E-state index contributed by atoms with van der Waals surface area (Å²) < 4.78 is 10.9. The van der Waals surface area contributed by atoms with Crippen LogP contribution in [0.15, 0.2) is 27.7 Å². The molecule has 0 aliphatic heterocycles. The number of hydrogen-bond acceptors (Lipinski definition) is 6. The zero-order valence-corrected chi connectivity index (χ0v) is 18.2. The second kappa shape index (κ2) is 12.5. The summed E-state index contributed by atoms with van der Waals surface area (Å²) in [5, 5.41) is 10.2. The van der Waals surface area contributed by atoms with Gasteiger partial charge >= 0.3 is 12.2 Å². The van der Waals surface area contributed by atoms with E-state index in [-0.39, 0.29) is 38.2 Å². The number of rotatable bonds is 9. The van der Waals surface area contributed by atoms with Gasteiger partial charge < -0.3 is 14.6 Å². The van der Waals surface area contributed by atoms with E-state index in [1.54, 1.807) is 6.07 Å². The van der Waals surface area contributed by atoms with Crippen molar-refractivity contribution >= 4 is 34.5 Å². The lowest BCUT2D eigenvalue weighted by Gasteiger charge is -2.19. The van der Waals surface area contributed by atoms with E-state index >= 15 is 0 Å². The van der Waals surface area contributed by atoms with Gasteiger partial charge in [-0.15, -0.1) is 0 Å². The third-order valence-electron chi connectivity index (χ3n) is 3.30. The quantitative estimate of drug-likeness (QED) is 0.331. The highest BCUT2D eigenvalue weighted by Gasteiger charge is 2.15. The Balaban J connectivity index is 2.77. The van der Waals surface area contributed by atoms with Crippen molar-refractivity contribution in [3.05, 3.63) is 33.8 Å². The molecule has 0 saturated heterocycles. The molecule has 0 saturated carbocycles. The third-order valence-corrected chi connectivity index (χ3v) is 4.04. The Kier molecular flexibility index (Phi) is 10.7. The van der Waals surface area contributed by atoms with Crippen molar-refractivity contribution in [2.45, 2.75) is 40.8 Å². The standard InChI is InChI=1S/C19H28BrN3O5/c1-13(2)10-27-18(25)21-12-23(19(26)28-11-14(3)4)22-8-15-5-6-16(9-24)17(20)7-15/h5-7,12-14,22,24H,8-11H2,1-4H3/b21-12-. The number of nitrogens with one attached hydrogen (secondary N) is 1. The highest BCUT2D eigenvalue weighted by atomic mass is 79.9. The van der Waals surface area contributed by atoms with Crippen molar-refractivity contribution in [2.75, 3.05) is 13.2 Å². The molecule has 1 aromatic rings. The molecule has 9 heteroatoms. The molecular weight excluding hydrogens is 430 g/mol. The Morgan fingerprint density at radius 2 is 1.86 bits per heavy atom. The minimum absolute atomic E-state index is 0.0763. The molecule has 2 amide bonds. The molecule has 1 rings (SSSR count). The Morgan fingerprint density at radius 3 is 2.43 bits per heavy atom. The van der Waals surface area contributed by atoms with Crippen LogP contribution in [-0.4, -0.2) is 41.9 Å². The van der Waals surface area contributed by atoms with Crippen molar-refractivity contribution in [1.29, 1.82) is 0 Å². The SMILES string of the molecule is CC(C)COC(=O)/N=C\N(NCc1ccc(CO)c(Br)c1)C(=O)OCC(C)C. The number of halogens is 1. The Morgan fingerprint density at radius 1 is 1.21 bits per heavy atom. The summed E-state index contributed by atoms with van der Waals surface area (Å²) in [7, 11) is 0. The number of amides is 2. The van der Waals surface area contributed by atoms with Crippen LogP contribution in [0, 0.1) is 11.8 Å². The number of aliphatic hydroxyl groups excluding tert-OH is 1. The fourth-order valence-electron chi connectivity index (χ4n) is 1.85. The molecule has 28 heavy (non-hydrogen) atoms. The summed E-state index contributed by atoms with van der Waals surface area (Å²) in [6.07, 6.45) is -0.421. The van der Waals surface area contributed by atoms with E-state index < -0.39 is 12.2 Å². The zero-order valence-electron chi connectivity index (χ0n) is 16.6. The first-order chi connectivity index (χ1) is 13.2. The number of ether oxygens (including phenoxy) is 2. The Labute approximate surface area is 174 Å². The highest BCUT2D eigenvalue weighted by Crippen LogP contribution is 2.18. The van der Waals surface area contributed by atoms with E-state index in [4.69, 9.17) is 9.47 Å². The predicted molar refractivity (Wildman–Crippen MR) is 110 cm³/mol. The van der Waals surface area contributed by atoms with Crippen molar-refractivity contribution in [3.63, 3.8) is 0 Å². The molecule has 0 aromatic heterocycles. The summed E-state index contributed by atoms with van der Waals surface area (Å²) in [4.78, 5) is 27.6. The maximum atomic E-state index is 12.3. The maximum Gasteiger partial charge on any atom is 0.435 e. The van der Waals surface area contributed by atoms with Gasteiger partial charge in [0, 0.05) is 11.0 Å². The summed E-state index contributed by atoms with van der Waals surface area (Å²) in [6, 6.07) is 5.42. The van der Waals surface area contributed by atoms with Crippen LogP contribution in [0.4, 0.5) is 9.59 Å². The average molecular weight is 458 g/mol. The number of benzene rings is 1. The van der Waals surface area contributed by atoms with Gasteiger partial charge in [-0.25, -0.2) is 15.0 Å². The van der Waals surface area contributed by atoms with E-state index in [0.717, 1.165) is 26.9 Å². The average Bonchev–Trinajstić information content (AvgIpc) is 2.64. The number of aliphatic hydroxyl groups is 1. The van der Waals surface area contributed by atoms with Gasteiger partial charge in [0.1, 0.15) is 6.34 Å². The molecule has 0 fully saturated rings. The van der Waals surface area contributed by atoms with Crippen LogP contribution in [0.5, 0.6) is 0 Å². The minimum atomic E-state index is -0.785. The lowest BCUT2D eigenvalue weighted by Crippen LogP contribution is -2.42. The van der Waals surface area contributed by atoms with Gasteiger partial charge in [-0.2, -0.15) is 10.0 Å². The van der Waals surface area contributed by atoms with Crippen molar-refractivity contribution in [2.24, 2.45) is 16.8 Å². The second-order valence-electron chi connectivity index (χ2n) is 6.97. The summed E-state index contributed by atoms with van der Waals surface area (Å²) >= 11 is 3.38. The molecule has 0 unspecified atom stereocenters. The van der Waals surface area contributed by atoms with Crippen LogP contribution < -0.4 is 5.43 Å². The zero-order chi connectivity index (χ0) is 21.1. The molecule has 0 spiro atoms. The van der Waals surface area contributed by atoms with Crippen LogP contribution in [0.3, 0.4) is 0 Å². The highest BCUT2D eigenvalue weighted by molar-refractivity contribution is 9.10. The summed E-state index contributed by atoms with van der Waals surface area (Å²) in [5.74, 6) is 0.352. The summed E-state index contributed by atoms with van der Waals surface area (Å²) in [5.41, 5.74) is 4.47. The molecule has 0 radical (unpaired) electrons. The number of nitrogens with zero attached hydrogens (tertiary/aromatic N) is 2. The number of carbonyl (C=O) groups is 2. The van der Waals surface area contributed by atoms with Crippen LogP contribution in [0.2, 0.25) is 0 Å². The molecule has 0 heterocycles. The topological polar surface area (TPSA) is 100 Å². The summed E-state index contributed by atoms with van der Waals surface area (Å²) in [6.45, 7) is 8.33. The smallest absolute Gasteiger partial charge is 0.435 e. The molecule has 0 aliphatic carbocycles. The van der Waals surface area contributed by atoms with Crippen LogP contribution in [-0.2, 0) is 22.6 Å². The number of aliphatic imine (C=N–C) groups is 1. The van der Waals surface area contributed by atoms with Crippen molar-refractivity contribution in [1.82, 2.24) is 10.4 Å². The van der Waals surface area contributed by atoms with Gasteiger partial charge in [-0.05, 0) is 29.0 Å². The van der Waals surface area contributed by atoms with E-state index in [1.807, 2.05) is 39.8 Å². The number of hydrazine groups is 1.